The summed E-state index contributed by atoms with van der Waals surface area (Å²) in [7, 11) is 1.89. The van der Waals surface area contributed by atoms with E-state index in [0.29, 0.717) is 5.65 Å². The van der Waals surface area contributed by atoms with E-state index in [2.05, 4.69) is 20.0 Å². The number of piperidine rings is 1. The summed E-state index contributed by atoms with van der Waals surface area (Å²) >= 11 is 0. The highest BCUT2D eigenvalue weighted by Crippen LogP contribution is 2.30. The van der Waals surface area contributed by atoms with Crippen LogP contribution in [0.3, 0.4) is 0 Å². The summed E-state index contributed by atoms with van der Waals surface area (Å²) in [5.41, 5.74) is 7.01. The zero-order chi connectivity index (χ0) is 20.7. The SMILES string of the molecule is Cn1cc2c(N3CCC(Oc4cccc5c4ccn5CC(N)=O)CC3)ncnc2n1. The molecule has 0 unspecified atom stereocenters. The molecule has 5 rings (SSSR count). The van der Waals surface area contributed by atoms with Gasteiger partial charge in [-0.2, -0.15) is 5.10 Å². The van der Waals surface area contributed by atoms with E-state index in [1.165, 1.54) is 0 Å². The number of hydrogen-bond donors (Lipinski definition) is 1. The van der Waals surface area contributed by atoms with Gasteiger partial charge >= 0.3 is 0 Å². The van der Waals surface area contributed by atoms with Crippen LogP contribution >= 0.6 is 0 Å². The minimum atomic E-state index is -0.362. The lowest BCUT2D eigenvalue weighted by molar-refractivity contribution is -0.118. The van der Waals surface area contributed by atoms with E-state index in [4.69, 9.17) is 10.5 Å². The molecule has 1 saturated heterocycles. The normalized spacial score (nSPS) is 15.2. The summed E-state index contributed by atoms with van der Waals surface area (Å²) in [6.07, 6.45) is 7.32. The highest BCUT2D eigenvalue weighted by atomic mass is 16.5. The second-order valence-electron chi connectivity index (χ2n) is 7.64. The van der Waals surface area contributed by atoms with Crippen LogP contribution in [0.2, 0.25) is 0 Å². The van der Waals surface area contributed by atoms with Crippen LogP contribution in [0.25, 0.3) is 21.9 Å². The summed E-state index contributed by atoms with van der Waals surface area (Å²) < 4.78 is 9.97. The number of ether oxygens (including phenoxy) is 1. The first-order chi connectivity index (χ1) is 14.6. The number of benzene rings is 1. The lowest BCUT2D eigenvalue weighted by Crippen LogP contribution is -2.38. The summed E-state index contributed by atoms with van der Waals surface area (Å²) in [6, 6.07) is 7.88. The van der Waals surface area contributed by atoms with E-state index in [0.717, 1.165) is 53.8 Å². The van der Waals surface area contributed by atoms with Gasteiger partial charge in [-0.1, -0.05) is 6.07 Å². The summed E-state index contributed by atoms with van der Waals surface area (Å²) in [5.74, 6) is 1.40. The fraction of sp³-hybridized carbons (Fsp3) is 0.333. The maximum Gasteiger partial charge on any atom is 0.237 e. The van der Waals surface area contributed by atoms with Gasteiger partial charge in [-0.15, -0.1) is 0 Å². The van der Waals surface area contributed by atoms with Gasteiger partial charge in [-0.05, 0) is 18.2 Å². The van der Waals surface area contributed by atoms with Crippen molar-refractivity contribution in [1.29, 1.82) is 0 Å². The first-order valence-corrected chi connectivity index (χ1v) is 10.0. The van der Waals surface area contributed by atoms with Crippen LogP contribution in [-0.2, 0) is 18.4 Å². The molecule has 0 atom stereocenters. The molecule has 1 aromatic carbocycles. The predicted molar refractivity (Wildman–Crippen MR) is 113 cm³/mol. The van der Waals surface area contributed by atoms with Gasteiger partial charge in [0, 0.05) is 50.8 Å². The quantitative estimate of drug-likeness (QED) is 0.543. The van der Waals surface area contributed by atoms with Gasteiger partial charge in [0.25, 0.3) is 0 Å². The third-order valence-corrected chi connectivity index (χ3v) is 5.55. The first-order valence-electron chi connectivity index (χ1n) is 10.0. The van der Waals surface area contributed by atoms with Gasteiger partial charge in [0.1, 0.15) is 30.5 Å². The van der Waals surface area contributed by atoms with Gasteiger partial charge in [0.15, 0.2) is 5.65 Å². The Balaban J connectivity index is 1.31. The second-order valence-corrected chi connectivity index (χ2v) is 7.64. The minimum Gasteiger partial charge on any atom is -0.490 e. The maximum absolute atomic E-state index is 11.3. The number of nitrogens with two attached hydrogens (primary N) is 1. The zero-order valence-electron chi connectivity index (χ0n) is 16.7. The molecular formula is C21H23N7O2. The number of primary amides is 1. The molecule has 1 aliphatic heterocycles. The Hall–Kier alpha value is -3.62. The number of anilines is 1. The third kappa shape index (κ3) is 3.32. The number of rotatable bonds is 5. The van der Waals surface area contributed by atoms with E-state index >= 15 is 0 Å². The Kier molecular flexibility index (Phi) is 4.50. The second kappa shape index (κ2) is 7.33. The number of amides is 1. The monoisotopic (exact) mass is 405 g/mol. The van der Waals surface area contributed by atoms with Crippen LogP contribution in [0.1, 0.15) is 12.8 Å². The van der Waals surface area contributed by atoms with Crippen LogP contribution in [0, 0.1) is 0 Å². The largest absolute Gasteiger partial charge is 0.490 e. The molecule has 4 heterocycles. The Morgan fingerprint density at radius 3 is 2.83 bits per heavy atom. The zero-order valence-corrected chi connectivity index (χ0v) is 16.7. The van der Waals surface area contributed by atoms with Crippen LogP contribution in [0.4, 0.5) is 5.82 Å². The van der Waals surface area contributed by atoms with Crippen molar-refractivity contribution in [2.24, 2.45) is 12.8 Å². The van der Waals surface area contributed by atoms with Crippen molar-refractivity contribution >= 4 is 33.7 Å². The lowest BCUT2D eigenvalue weighted by atomic mass is 10.1. The minimum absolute atomic E-state index is 0.123. The van der Waals surface area contributed by atoms with E-state index in [1.807, 2.05) is 48.3 Å². The fourth-order valence-electron chi connectivity index (χ4n) is 4.16. The van der Waals surface area contributed by atoms with Gasteiger partial charge in [0.05, 0.1) is 10.9 Å². The molecule has 154 valence electrons. The number of hydrogen-bond acceptors (Lipinski definition) is 6. The number of aromatic nitrogens is 5. The Labute approximate surface area is 173 Å². The molecule has 3 aromatic heterocycles. The average molecular weight is 405 g/mol. The molecule has 0 radical (unpaired) electrons. The van der Waals surface area contributed by atoms with Crippen molar-refractivity contribution in [2.75, 3.05) is 18.0 Å². The lowest BCUT2D eigenvalue weighted by Gasteiger charge is -2.33. The molecule has 4 aromatic rings. The van der Waals surface area contributed by atoms with E-state index in [9.17, 15) is 4.79 Å². The summed E-state index contributed by atoms with van der Waals surface area (Å²) in [6.45, 7) is 1.86. The van der Waals surface area contributed by atoms with Crippen LogP contribution in [0.5, 0.6) is 5.75 Å². The van der Waals surface area contributed by atoms with E-state index in [-0.39, 0.29) is 18.6 Å². The average Bonchev–Trinajstić information content (AvgIpc) is 3.31. The van der Waals surface area contributed by atoms with Gasteiger partial charge in [0.2, 0.25) is 5.91 Å². The number of carbonyl (C=O) groups excluding carboxylic acids is 1. The Morgan fingerprint density at radius 2 is 2.03 bits per heavy atom. The molecular weight excluding hydrogens is 382 g/mol. The molecule has 9 nitrogen and oxygen atoms in total. The first kappa shape index (κ1) is 18.4. The number of carbonyl (C=O) groups is 1. The van der Waals surface area contributed by atoms with E-state index in [1.54, 1.807) is 11.0 Å². The molecule has 1 amide bonds. The van der Waals surface area contributed by atoms with Crippen molar-refractivity contribution < 1.29 is 9.53 Å². The summed E-state index contributed by atoms with van der Waals surface area (Å²) in [5, 5.41) is 6.34. The van der Waals surface area contributed by atoms with Crippen LogP contribution < -0.4 is 15.4 Å². The molecule has 2 N–H and O–H groups in total. The number of fused-ring (bicyclic) bond motifs is 2. The van der Waals surface area contributed by atoms with Crippen molar-refractivity contribution in [3.8, 4) is 5.75 Å². The molecule has 30 heavy (non-hydrogen) atoms. The molecule has 9 heteroatoms. The van der Waals surface area contributed by atoms with Gasteiger partial charge < -0.3 is 19.9 Å². The van der Waals surface area contributed by atoms with Gasteiger partial charge in [-0.3, -0.25) is 9.48 Å². The number of aryl methyl sites for hydroxylation is 1. The van der Waals surface area contributed by atoms with Crippen molar-refractivity contribution in [3.63, 3.8) is 0 Å². The smallest absolute Gasteiger partial charge is 0.237 e. The molecule has 0 bridgehead atoms. The molecule has 0 spiro atoms. The fourth-order valence-corrected chi connectivity index (χ4v) is 4.16. The van der Waals surface area contributed by atoms with Crippen molar-refractivity contribution in [1.82, 2.24) is 24.3 Å². The van der Waals surface area contributed by atoms with E-state index < -0.39 is 0 Å². The highest BCUT2D eigenvalue weighted by molar-refractivity contribution is 5.88. The topological polar surface area (TPSA) is 104 Å². The standard InChI is InChI=1S/C21H23N7O2/c1-26-11-16-20(25-26)23-13-24-21(16)27-8-5-14(6-9-27)30-18-4-2-3-17-15(18)7-10-28(17)12-19(22)29/h2-4,7,10-11,13-14H,5-6,8-9,12H2,1H3,(H2,22,29). The maximum atomic E-state index is 11.3. The Morgan fingerprint density at radius 1 is 1.20 bits per heavy atom. The van der Waals surface area contributed by atoms with Crippen molar-refractivity contribution in [2.45, 2.75) is 25.5 Å². The predicted octanol–water partition coefficient (Wildman–Crippen LogP) is 1.85. The van der Waals surface area contributed by atoms with Gasteiger partial charge in [-0.25, -0.2) is 9.97 Å². The summed E-state index contributed by atoms with van der Waals surface area (Å²) in [4.78, 5) is 22.3. The highest BCUT2D eigenvalue weighted by Gasteiger charge is 2.24. The molecule has 0 saturated carbocycles. The Bertz CT molecular complexity index is 1220. The number of nitrogens with zero attached hydrogens (tertiary/aromatic N) is 6. The molecule has 1 fully saturated rings. The third-order valence-electron chi connectivity index (χ3n) is 5.55. The molecule has 1 aliphatic rings. The van der Waals surface area contributed by atoms with Crippen LogP contribution in [-0.4, -0.2) is 49.4 Å². The van der Waals surface area contributed by atoms with Crippen LogP contribution in [0.15, 0.2) is 43.0 Å². The van der Waals surface area contributed by atoms with Crippen molar-refractivity contribution in [3.05, 3.63) is 43.0 Å². The molecule has 0 aliphatic carbocycles.